The number of carbonyl (C=O) groups excluding carboxylic acids is 1. The van der Waals surface area contributed by atoms with Crippen LogP contribution in [0.4, 0.5) is 5.69 Å². The van der Waals surface area contributed by atoms with Crippen molar-refractivity contribution in [3.8, 4) is 0 Å². The molecule has 2 rings (SSSR count). The second-order valence-corrected chi connectivity index (χ2v) is 4.74. The minimum Gasteiger partial charge on any atom is -0.399 e. The second kappa shape index (κ2) is 5.55. The van der Waals surface area contributed by atoms with Gasteiger partial charge in [0.1, 0.15) is 0 Å². The molecule has 18 heavy (non-hydrogen) atoms. The van der Waals surface area contributed by atoms with Crippen molar-refractivity contribution in [2.45, 2.75) is 9.79 Å². The van der Waals surface area contributed by atoms with Crippen molar-refractivity contribution in [1.82, 2.24) is 10.3 Å². The number of rotatable bonds is 3. The molecule has 1 heterocycles. The number of hydrogen-bond acceptors (Lipinski definition) is 4. The zero-order valence-corrected chi connectivity index (χ0v) is 10.7. The van der Waals surface area contributed by atoms with E-state index in [4.69, 9.17) is 5.73 Å². The van der Waals surface area contributed by atoms with Crippen LogP contribution in [-0.4, -0.2) is 17.9 Å². The lowest BCUT2D eigenvalue weighted by molar-refractivity contribution is 0.0960. The number of carbonyl (C=O) groups is 1. The SMILES string of the molecule is CNC(=O)c1ccc(N)cc1Sc1ccncc1. The molecule has 0 saturated carbocycles. The molecule has 0 fully saturated rings. The maximum atomic E-state index is 11.8. The first-order valence-corrected chi connectivity index (χ1v) is 6.22. The molecular formula is C13H13N3OS. The fraction of sp³-hybridized carbons (Fsp3) is 0.0769. The molecule has 0 bridgehead atoms. The summed E-state index contributed by atoms with van der Waals surface area (Å²) in [7, 11) is 1.61. The zero-order valence-electron chi connectivity index (χ0n) is 9.88. The van der Waals surface area contributed by atoms with Gasteiger partial charge in [0.05, 0.1) is 5.56 Å². The Morgan fingerprint density at radius 1 is 1.28 bits per heavy atom. The van der Waals surface area contributed by atoms with Crippen LogP contribution in [0, 0.1) is 0 Å². The number of anilines is 1. The number of benzene rings is 1. The van der Waals surface area contributed by atoms with Crippen molar-refractivity contribution in [2.75, 3.05) is 12.8 Å². The number of hydrogen-bond donors (Lipinski definition) is 2. The first kappa shape index (κ1) is 12.4. The van der Waals surface area contributed by atoms with Crippen LogP contribution in [0.3, 0.4) is 0 Å². The van der Waals surface area contributed by atoms with E-state index >= 15 is 0 Å². The fourth-order valence-electron chi connectivity index (χ4n) is 1.48. The summed E-state index contributed by atoms with van der Waals surface area (Å²) < 4.78 is 0. The Bertz CT molecular complexity index is 557. The highest BCUT2D eigenvalue weighted by molar-refractivity contribution is 7.99. The molecule has 0 radical (unpaired) electrons. The van der Waals surface area contributed by atoms with Crippen LogP contribution in [0.25, 0.3) is 0 Å². The van der Waals surface area contributed by atoms with E-state index in [-0.39, 0.29) is 5.91 Å². The lowest BCUT2D eigenvalue weighted by Gasteiger charge is -2.08. The molecule has 92 valence electrons. The Morgan fingerprint density at radius 2 is 2.00 bits per heavy atom. The number of pyridine rings is 1. The van der Waals surface area contributed by atoms with Gasteiger partial charge in [-0.05, 0) is 30.3 Å². The van der Waals surface area contributed by atoms with Crippen LogP contribution in [0.1, 0.15) is 10.4 Å². The Hall–Kier alpha value is -2.01. The number of nitrogens with two attached hydrogens (primary N) is 1. The summed E-state index contributed by atoms with van der Waals surface area (Å²) >= 11 is 1.49. The molecule has 5 heteroatoms. The average molecular weight is 259 g/mol. The van der Waals surface area contributed by atoms with Crippen LogP contribution >= 0.6 is 11.8 Å². The Kier molecular flexibility index (Phi) is 3.84. The van der Waals surface area contributed by atoms with E-state index in [2.05, 4.69) is 10.3 Å². The third-order valence-electron chi connectivity index (χ3n) is 2.35. The van der Waals surface area contributed by atoms with Crippen LogP contribution in [0.5, 0.6) is 0 Å². The first-order valence-electron chi connectivity index (χ1n) is 5.40. The summed E-state index contributed by atoms with van der Waals surface area (Å²) in [6.45, 7) is 0. The van der Waals surface area contributed by atoms with Crippen molar-refractivity contribution < 1.29 is 4.79 Å². The lowest BCUT2D eigenvalue weighted by Crippen LogP contribution is -2.18. The minimum atomic E-state index is -0.119. The van der Waals surface area contributed by atoms with E-state index in [1.54, 1.807) is 37.6 Å². The van der Waals surface area contributed by atoms with Gasteiger partial charge in [-0.2, -0.15) is 0 Å². The molecule has 4 nitrogen and oxygen atoms in total. The van der Waals surface area contributed by atoms with Gasteiger partial charge in [0.15, 0.2) is 0 Å². The summed E-state index contributed by atoms with van der Waals surface area (Å²) in [6.07, 6.45) is 3.43. The predicted octanol–water partition coefficient (Wildman–Crippen LogP) is 2.17. The molecule has 0 aliphatic rings. The van der Waals surface area contributed by atoms with E-state index in [9.17, 15) is 4.79 Å². The highest BCUT2D eigenvalue weighted by Crippen LogP contribution is 2.31. The molecule has 0 atom stereocenters. The normalized spacial score (nSPS) is 10.1. The van der Waals surface area contributed by atoms with Crippen molar-refractivity contribution in [3.05, 3.63) is 48.3 Å². The van der Waals surface area contributed by atoms with Crippen LogP contribution in [0.15, 0.2) is 52.5 Å². The Morgan fingerprint density at radius 3 is 2.67 bits per heavy atom. The largest absolute Gasteiger partial charge is 0.399 e. The smallest absolute Gasteiger partial charge is 0.252 e. The maximum absolute atomic E-state index is 11.8. The number of nitrogens with zero attached hydrogens (tertiary/aromatic N) is 1. The number of nitrogens with one attached hydrogen (secondary N) is 1. The number of nitrogen functional groups attached to an aromatic ring is 1. The third kappa shape index (κ3) is 2.81. The topological polar surface area (TPSA) is 68.0 Å². The van der Waals surface area contributed by atoms with Gasteiger partial charge in [0, 0.05) is 34.9 Å². The van der Waals surface area contributed by atoms with Gasteiger partial charge >= 0.3 is 0 Å². The molecule has 1 aromatic carbocycles. The molecule has 0 aliphatic heterocycles. The van der Waals surface area contributed by atoms with Crippen molar-refractivity contribution in [1.29, 1.82) is 0 Å². The molecule has 0 saturated heterocycles. The average Bonchev–Trinajstić information content (AvgIpc) is 2.39. The van der Waals surface area contributed by atoms with Crippen molar-refractivity contribution in [3.63, 3.8) is 0 Å². The molecule has 3 N–H and O–H groups in total. The van der Waals surface area contributed by atoms with Gasteiger partial charge in [-0.1, -0.05) is 11.8 Å². The summed E-state index contributed by atoms with van der Waals surface area (Å²) in [5.41, 5.74) is 7.02. The van der Waals surface area contributed by atoms with Gasteiger partial charge in [0.25, 0.3) is 5.91 Å². The highest BCUT2D eigenvalue weighted by atomic mass is 32.2. The highest BCUT2D eigenvalue weighted by Gasteiger charge is 2.11. The minimum absolute atomic E-state index is 0.119. The van der Waals surface area contributed by atoms with E-state index in [1.165, 1.54) is 11.8 Å². The molecular weight excluding hydrogens is 246 g/mol. The zero-order chi connectivity index (χ0) is 13.0. The van der Waals surface area contributed by atoms with Crippen molar-refractivity contribution in [2.24, 2.45) is 0 Å². The molecule has 1 aromatic heterocycles. The maximum Gasteiger partial charge on any atom is 0.252 e. The monoisotopic (exact) mass is 259 g/mol. The van der Waals surface area contributed by atoms with Gasteiger partial charge in [0.2, 0.25) is 0 Å². The van der Waals surface area contributed by atoms with Gasteiger partial charge in [-0.15, -0.1) is 0 Å². The van der Waals surface area contributed by atoms with E-state index in [0.29, 0.717) is 11.3 Å². The Balaban J connectivity index is 2.36. The number of aromatic nitrogens is 1. The standard InChI is InChI=1S/C13H13N3OS/c1-15-13(17)11-3-2-9(14)8-12(11)18-10-4-6-16-7-5-10/h2-8H,14H2,1H3,(H,15,17). The molecule has 0 aliphatic carbocycles. The first-order chi connectivity index (χ1) is 8.70. The second-order valence-electron chi connectivity index (χ2n) is 3.62. The molecule has 1 amide bonds. The molecule has 0 unspecified atom stereocenters. The predicted molar refractivity (Wildman–Crippen MR) is 72.6 cm³/mol. The molecule has 0 spiro atoms. The van der Waals surface area contributed by atoms with E-state index < -0.39 is 0 Å². The summed E-state index contributed by atoms with van der Waals surface area (Å²) in [6, 6.07) is 9.04. The summed E-state index contributed by atoms with van der Waals surface area (Å²) in [5.74, 6) is -0.119. The fourth-order valence-corrected chi connectivity index (χ4v) is 2.46. The van der Waals surface area contributed by atoms with E-state index in [0.717, 1.165) is 9.79 Å². The van der Waals surface area contributed by atoms with Crippen LogP contribution in [0.2, 0.25) is 0 Å². The lowest BCUT2D eigenvalue weighted by atomic mass is 10.2. The Labute approximate surface area is 110 Å². The van der Waals surface area contributed by atoms with Gasteiger partial charge in [-0.25, -0.2) is 0 Å². The molecule has 2 aromatic rings. The van der Waals surface area contributed by atoms with Gasteiger partial charge < -0.3 is 11.1 Å². The van der Waals surface area contributed by atoms with Crippen molar-refractivity contribution >= 4 is 23.4 Å². The summed E-state index contributed by atoms with van der Waals surface area (Å²) in [4.78, 5) is 17.6. The quantitative estimate of drug-likeness (QED) is 0.829. The van der Waals surface area contributed by atoms with Gasteiger partial charge in [-0.3, -0.25) is 9.78 Å². The third-order valence-corrected chi connectivity index (χ3v) is 3.42. The van der Waals surface area contributed by atoms with Crippen LogP contribution < -0.4 is 11.1 Å². The van der Waals surface area contributed by atoms with E-state index in [1.807, 2.05) is 12.1 Å². The summed E-state index contributed by atoms with van der Waals surface area (Å²) in [5, 5.41) is 2.62. The van der Waals surface area contributed by atoms with Crippen LogP contribution in [-0.2, 0) is 0 Å². The number of amides is 1.